The molecule has 32 valence electrons. The molecule has 0 spiro atoms. The minimum absolute atomic E-state index is 0.731. The van der Waals surface area contributed by atoms with Crippen LogP contribution in [0.5, 0.6) is 0 Å². The topological polar surface area (TPSA) is 39.9 Å². The van der Waals surface area contributed by atoms with Crippen molar-refractivity contribution in [2.45, 2.75) is 6.92 Å². The average molecular weight is 82.1 g/mol. The highest BCUT2D eigenvalue weighted by Crippen LogP contribution is 1.71. The predicted octanol–water partition coefficient (Wildman–Crippen LogP) is -0.258. The van der Waals surface area contributed by atoms with E-state index in [1.165, 1.54) is 6.33 Å². The molecule has 1 aromatic heterocycles. The van der Waals surface area contributed by atoms with Crippen molar-refractivity contribution in [3.05, 3.63) is 12.2 Å². The van der Waals surface area contributed by atoms with Crippen LogP contribution in [0.4, 0.5) is 0 Å². The lowest BCUT2D eigenvalue weighted by Crippen LogP contribution is -1.71. The molecule has 1 heterocycles. The first kappa shape index (κ1) is 3.33. The van der Waals surface area contributed by atoms with Crippen LogP contribution in [-0.2, 0) is 0 Å². The fourth-order valence-corrected chi connectivity index (χ4v) is 0.245. The number of rotatable bonds is 0. The van der Waals surface area contributed by atoms with Crippen LogP contribution in [0.2, 0.25) is 0 Å². The Balaban J connectivity index is 3.05. The monoisotopic (exact) mass is 82.0 g/mol. The number of nitrogens with zero attached hydrogens (tertiary/aromatic N) is 3. The second-order valence-electron chi connectivity index (χ2n) is 1.01. The van der Waals surface area contributed by atoms with Gasteiger partial charge in [0.05, 0.1) is 0 Å². The van der Waals surface area contributed by atoms with E-state index in [-0.39, 0.29) is 0 Å². The van der Waals surface area contributed by atoms with Gasteiger partial charge in [0.1, 0.15) is 0 Å². The van der Waals surface area contributed by atoms with Gasteiger partial charge in [0.25, 0.3) is 0 Å². The highest BCUT2D eigenvalue weighted by Gasteiger charge is 1.62. The summed E-state index contributed by atoms with van der Waals surface area (Å²) in [5.41, 5.74) is 0. The van der Waals surface area contributed by atoms with Gasteiger partial charge in [-0.2, -0.15) is 0 Å². The molecule has 6 heavy (non-hydrogen) atoms. The van der Waals surface area contributed by atoms with E-state index in [1.54, 1.807) is 6.92 Å². The van der Waals surface area contributed by atoms with Gasteiger partial charge >= 0.3 is 0 Å². The predicted molar refractivity (Wildman–Crippen MR) is 20.1 cm³/mol. The largest absolute Gasteiger partial charge is 0.370 e. The molecule has 0 aromatic carbocycles. The zero-order valence-electron chi connectivity index (χ0n) is 3.42. The van der Waals surface area contributed by atoms with Gasteiger partial charge in [-0.1, -0.05) is 0 Å². The van der Waals surface area contributed by atoms with Crippen molar-refractivity contribution in [3.8, 4) is 0 Å². The summed E-state index contributed by atoms with van der Waals surface area (Å²) in [6, 6.07) is 0. The van der Waals surface area contributed by atoms with Gasteiger partial charge in [-0.15, -0.1) is 0 Å². The van der Waals surface area contributed by atoms with Crippen LogP contribution < -0.4 is 4.98 Å². The fourth-order valence-electron chi connectivity index (χ4n) is 0.245. The van der Waals surface area contributed by atoms with E-state index in [4.69, 9.17) is 0 Å². The summed E-state index contributed by atoms with van der Waals surface area (Å²) in [5, 5.41) is 7.02. The highest BCUT2D eigenvalue weighted by atomic mass is 15.2. The molecule has 3 heteroatoms. The van der Waals surface area contributed by atoms with Crippen molar-refractivity contribution in [2.24, 2.45) is 0 Å². The van der Waals surface area contributed by atoms with Gasteiger partial charge in [-0.3, -0.25) is 0 Å². The minimum Gasteiger partial charge on any atom is -0.370 e. The van der Waals surface area contributed by atoms with Crippen LogP contribution in [0.25, 0.3) is 0 Å². The van der Waals surface area contributed by atoms with Gasteiger partial charge in [-0.25, -0.2) is 0 Å². The van der Waals surface area contributed by atoms with Gasteiger partial charge in [0.15, 0.2) is 0 Å². The van der Waals surface area contributed by atoms with Crippen molar-refractivity contribution in [2.75, 3.05) is 0 Å². The molecule has 0 aliphatic rings. The van der Waals surface area contributed by atoms with Gasteiger partial charge in [-0.05, 0) is 19.1 Å². The number of aryl methyl sites for hydroxylation is 1. The normalized spacial score (nSPS) is 8.83. The van der Waals surface area contributed by atoms with E-state index in [9.17, 15) is 0 Å². The molecular weight excluding hydrogens is 78.1 g/mol. The van der Waals surface area contributed by atoms with Crippen LogP contribution in [0, 0.1) is 6.92 Å². The number of aromatic nitrogens is 3. The van der Waals surface area contributed by atoms with Crippen LogP contribution in [0.1, 0.15) is 5.82 Å². The van der Waals surface area contributed by atoms with Crippen molar-refractivity contribution < 1.29 is 0 Å². The van der Waals surface area contributed by atoms with E-state index >= 15 is 0 Å². The first-order valence-electron chi connectivity index (χ1n) is 1.66. The lowest BCUT2D eigenvalue weighted by Gasteiger charge is -1.77. The maximum atomic E-state index is 3.69. The maximum Gasteiger partial charge on any atom is -0.0137 e. The molecule has 0 aliphatic carbocycles. The Bertz CT molecular complexity index is 110. The summed E-state index contributed by atoms with van der Waals surface area (Å²) in [7, 11) is 0. The molecule has 0 radical (unpaired) electrons. The Morgan fingerprint density at radius 3 is 2.83 bits per heavy atom. The summed E-state index contributed by atoms with van der Waals surface area (Å²) in [4.78, 5) is 3.69. The van der Waals surface area contributed by atoms with Crippen molar-refractivity contribution in [1.82, 2.24) is 15.2 Å². The molecule has 1 rings (SSSR count). The summed E-state index contributed by atoms with van der Waals surface area (Å²) in [6.07, 6.45) is 1.43. The molecular formula is C3H4N3-. The van der Waals surface area contributed by atoms with Crippen LogP contribution in [0.15, 0.2) is 6.33 Å². The van der Waals surface area contributed by atoms with Gasteiger partial charge < -0.3 is 15.2 Å². The maximum absolute atomic E-state index is 3.69. The average Bonchev–Trinajstić information content (AvgIpc) is 1.86. The Labute approximate surface area is 35.4 Å². The van der Waals surface area contributed by atoms with E-state index in [2.05, 4.69) is 15.2 Å². The fraction of sp³-hybridized carbons (Fsp3) is 0.333. The third-order valence-electron chi connectivity index (χ3n) is 0.499. The third-order valence-corrected chi connectivity index (χ3v) is 0.499. The second kappa shape index (κ2) is 1.08. The van der Waals surface area contributed by atoms with Gasteiger partial charge in [0, 0.05) is 0 Å². The second-order valence-corrected chi connectivity index (χ2v) is 1.01. The standard InChI is InChI=1S/C3H4N3/c1-3-4-2-5-6-3/h2H,1H3/q-1. The number of hydrogen-bond donors (Lipinski definition) is 0. The molecule has 0 fully saturated rings. The van der Waals surface area contributed by atoms with Crippen LogP contribution >= 0.6 is 0 Å². The zero-order chi connectivity index (χ0) is 4.41. The van der Waals surface area contributed by atoms with E-state index in [0.717, 1.165) is 5.82 Å². The molecule has 3 nitrogen and oxygen atoms in total. The van der Waals surface area contributed by atoms with Crippen molar-refractivity contribution in [3.63, 3.8) is 0 Å². The quantitative estimate of drug-likeness (QED) is 0.433. The Morgan fingerprint density at radius 2 is 2.67 bits per heavy atom. The summed E-state index contributed by atoms with van der Waals surface area (Å²) < 4.78 is 0. The lowest BCUT2D eigenvalue weighted by molar-refractivity contribution is 1.04. The molecule has 0 saturated heterocycles. The lowest BCUT2D eigenvalue weighted by atomic mass is 10.8. The smallest absolute Gasteiger partial charge is 0.0137 e. The van der Waals surface area contributed by atoms with E-state index in [0.29, 0.717) is 0 Å². The molecule has 1 aromatic rings. The van der Waals surface area contributed by atoms with Crippen LogP contribution in [-0.4, -0.2) is 10.2 Å². The molecule has 0 amide bonds. The summed E-state index contributed by atoms with van der Waals surface area (Å²) in [6.45, 7) is 1.80. The summed E-state index contributed by atoms with van der Waals surface area (Å²) >= 11 is 0. The Kier molecular flexibility index (Phi) is 0.602. The molecule has 0 saturated carbocycles. The van der Waals surface area contributed by atoms with Crippen molar-refractivity contribution >= 4 is 0 Å². The van der Waals surface area contributed by atoms with Gasteiger partial charge in [0.2, 0.25) is 0 Å². The molecule has 0 bridgehead atoms. The molecule has 0 N–H and O–H groups in total. The van der Waals surface area contributed by atoms with Crippen LogP contribution in [0.3, 0.4) is 0 Å². The zero-order valence-corrected chi connectivity index (χ0v) is 3.42. The third kappa shape index (κ3) is 0.381. The first-order valence-corrected chi connectivity index (χ1v) is 1.66. The molecule has 0 unspecified atom stereocenters. The van der Waals surface area contributed by atoms with E-state index in [1.807, 2.05) is 0 Å². The Morgan fingerprint density at radius 1 is 1.83 bits per heavy atom. The summed E-state index contributed by atoms with van der Waals surface area (Å²) in [5.74, 6) is 0.731. The van der Waals surface area contributed by atoms with Crippen molar-refractivity contribution in [1.29, 1.82) is 0 Å². The molecule has 0 atom stereocenters. The van der Waals surface area contributed by atoms with E-state index < -0.39 is 0 Å². The minimum atomic E-state index is 0.731. The number of hydrogen-bond acceptors (Lipinski definition) is 2. The molecule has 0 aliphatic heterocycles. The highest BCUT2D eigenvalue weighted by molar-refractivity contribution is 4.69. The first-order chi connectivity index (χ1) is 2.89. The Hall–Kier alpha value is -0.860. The SMILES string of the molecule is Cc1nnc[n-]1.